The van der Waals surface area contributed by atoms with Gasteiger partial charge in [-0.3, -0.25) is 0 Å². The van der Waals surface area contributed by atoms with Crippen molar-refractivity contribution < 1.29 is 4.43 Å². The Hall–Kier alpha value is -0.783. The van der Waals surface area contributed by atoms with Crippen LogP contribution in [0.25, 0.3) is 0 Å². The van der Waals surface area contributed by atoms with Gasteiger partial charge < -0.3 is 4.43 Å². The van der Waals surface area contributed by atoms with Crippen LogP contribution in [0.15, 0.2) is 24.3 Å². The lowest BCUT2D eigenvalue weighted by molar-refractivity contribution is 0.230. The van der Waals surface area contributed by atoms with Gasteiger partial charge in [-0.15, -0.1) is 12.3 Å². The number of unbranched alkanes of at least 4 members (excludes halogenated alkanes) is 3. The van der Waals surface area contributed by atoms with Crippen molar-refractivity contribution >= 4 is 8.32 Å². The molecule has 0 aromatic carbocycles. The maximum atomic E-state index is 6.36. The van der Waals surface area contributed by atoms with Crippen LogP contribution in [0.1, 0.15) is 59.8 Å². The Morgan fingerprint density at radius 2 is 1.86 bits per heavy atom. The van der Waals surface area contributed by atoms with Crippen LogP contribution in [0.3, 0.4) is 0 Å². The summed E-state index contributed by atoms with van der Waals surface area (Å²) in [6.07, 6.45) is 19.7. The van der Waals surface area contributed by atoms with Crippen molar-refractivity contribution in [1.82, 2.24) is 0 Å². The van der Waals surface area contributed by atoms with Crippen LogP contribution in [0.4, 0.5) is 0 Å². The highest BCUT2D eigenvalue weighted by molar-refractivity contribution is 6.74. The van der Waals surface area contributed by atoms with Crippen molar-refractivity contribution in [2.75, 3.05) is 0 Å². The summed E-state index contributed by atoms with van der Waals surface area (Å²) in [6.45, 7) is 13.5. The molecule has 0 saturated carbocycles. The molecule has 0 amide bonds. The number of hydrogen-bond donors (Lipinski definition) is 0. The van der Waals surface area contributed by atoms with E-state index in [9.17, 15) is 0 Å². The predicted octanol–water partition coefficient (Wildman–Crippen LogP) is 6.09. The van der Waals surface area contributed by atoms with E-state index in [1.165, 1.54) is 19.3 Å². The van der Waals surface area contributed by atoms with Crippen molar-refractivity contribution in [1.29, 1.82) is 0 Å². The molecule has 0 saturated heterocycles. The average Bonchev–Trinajstić information content (AvgIpc) is 2.36. The molecule has 120 valence electrons. The third-order valence-corrected chi connectivity index (χ3v) is 8.62. The van der Waals surface area contributed by atoms with Crippen molar-refractivity contribution in [2.24, 2.45) is 0 Å². The minimum absolute atomic E-state index is 0.0381. The molecule has 2 heteroatoms. The molecule has 0 aliphatic carbocycles. The van der Waals surface area contributed by atoms with Gasteiger partial charge in [0.25, 0.3) is 0 Å². The smallest absolute Gasteiger partial charge is 0.192 e. The summed E-state index contributed by atoms with van der Waals surface area (Å²) < 4.78 is 6.36. The molecule has 0 bridgehead atoms. The van der Waals surface area contributed by atoms with E-state index in [0.29, 0.717) is 6.42 Å². The summed E-state index contributed by atoms with van der Waals surface area (Å²) in [5.41, 5.74) is 0. The molecular formula is C19H34OSi. The van der Waals surface area contributed by atoms with Gasteiger partial charge >= 0.3 is 0 Å². The first-order valence-electron chi connectivity index (χ1n) is 8.19. The number of hydrogen-bond acceptors (Lipinski definition) is 1. The van der Waals surface area contributed by atoms with Gasteiger partial charge in [-0.25, -0.2) is 0 Å². The molecule has 1 atom stereocenters. The Kier molecular flexibility index (Phi) is 9.65. The Balaban J connectivity index is 4.47. The highest BCUT2D eigenvalue weighted by atomic mass is 28.4. The van der Waals surface area contributed by atoms with Gasteiger partial charge in [0.2, 0.25) is 0 Å². The molecule has 0 spiro atoms. The van der Waals surface area contributed by atoms with Crippen LogP contribution in [-0.4, -0.2) is 14.4 Å². The average molecular weight is 307 g/mol. The fourth-order valence-electron chi connectivity index (χ4n) is 1.70. The zero-order valence-electron chi connectivity index (χ0n) is 14.9. The van der Waals surface area contributed by atoms with Crippen LogP contribution in [-0.2, 0) is 4.43 Å². The number of terminal acetylenes is 1. The standard InChI is InChI=1S/C19H34OSi/c1-8-10-11-12-13-14-15-17-18(16-9-2)20-21(6,7)19(3,4)5/h2,13-15,17-18H,8,10-12,16H2,1,3-7H3/b14-13-,17-15+/t18-/m1/s1. The lowest BCUT2D eigenvalue weighted by atomic mass is 10.2. The van der Waals surface area contributed by atoms with Crippen molar-refractivity contribution in [2.45, 2.75) is 84.0 Å². The Morgan fingerprint density at radius 1 is 1.19 bits per heavy atom. The van der Waals surface area contributed by atoms with Crippen LogP contribution in [0.2, 0.25) is 18.1 Å². The molecule has 0 rings (SSSR count). The molecule has 1 nitrogen and oxygen atoms in total. The van der Waals surface area contributed by atoms with Crippen molar-refractivity contribution in [3.63, 3.8) is 0 Å². The summed E-state index contributed by atoms with van der Waals surface area (Å²) in [4.78, 5) is 0. The van der Waals surface area contributed by atoms with E-state index in [2.05, 4.69) is 71.0 Å². The summed E-state index contributed by atoms with van der Waals surface area (Å²) in [5, 5.41) is 0.212. The third kappa shape index (κ3) is 8.96. The molecule has 21 heavy (non-hydrogen) atoms. The molecule has 0 fully saturated rings. The summed E-state index contributed by atoms with van der Waals surface area (Å²) >= 11 is 0. The Morgan fingerprint density at radius 3 is 2.38 bits per heavy atom. The highest BCUT2D eigenvalue weighted by Gasteiger charge is 2.38. The van der Waals surface area contributed by atoms with E-state index in [0.717, 1.165) is 6.42 Å². The van der Waals surface area contributed by atoms with Gasteiger partial charge in [-0.1, -0.05) is 64.8 Å². The molecule has 0 aromatic rings. The van der Waals surface area contributed by atoms with Gasteiger partial charge in [0.1, 0.15) is 0 Å². The summed E-state index contributed by atoms with van der Waals surface area (Å²) in [6, 6.07) is 0. The van der Waals surface area contributed by atoms with E-state index in [4.69, 9.17) is 10.8 Å². The normalized spacial score (nSPS) is 14.7. The van der Waals surface area contributed by atoms with Crippen LogP contribution in [0, 0.1) is 12.3 Å². The fourth-order valence-corrected chi connectivity index (χ4v) is 2.97. The number of allylic oxidation sites excluding steroid dienone is 3. The first-order valence-corrected chi connectivity index (χ1v) is 11.1. The summed E-state index contributed by atoms with van der Waals surface area (Å²) in [7, 11) is -1.76. The highest BCUT2D eigenvalue weighted by Crippen LogP contribution is 2.37. The maximum Gasteiger partial charge on any atom is 0.192 e. The molecule has 0 unspecified atom stereocenters. The quantitative estimate of drug-likeness (QED) is 0.217. The van der Waals surface area contributed by atoms with E-state index in [1.54, 1.807) is 0 Å². The van der Waals surface area contributed by atoms with Crippen molar-refractivity contribution in [3.05, 3.63) is 24.3 Å². The molecule has 0 heterocycles. The first kappa shape index (κ1) is 20.2. The first-order chi connectivity index (χ1) is 9.74. The zero-order chi connectivity index (χ0) is 16.4. The van der Waals surface area contributed by atoms with Gasteiger partial charge in [-0.05, 0) is 31.0 Å². The second-order valence-electron chi connectivity index (χ2n) is 7.13. The number of rotatable bonds is 9. The van der Waals surface area contributed by atoms with Gasteiger partial charge in [-0.2, -0.15) is 0 Å². The molecule has 0 radical (unpaired) electrons. The Bertz CT molecular complexity index is 366. The van der Waals surface area contributed by atoms with E-state index in [-0.39, 0.29) is 11.1 Å². The Labute approximate surface area is 134 Å². The van der Waals surface area contributed by atoms with E-state index < -0.39 is 8.32 Å². The third-order valence-electron chi connectivity index (χ3n) is 4.12. The topological polar surface area (TPSA) is 9.23 Å². The molecule has 0 aliphatic heterocycles. The maximum absolute atomic E-state index is 6.36. The van der Waals surface area contributed by atoms with E-state index >= 15 is 0 Å². The molecule has 0 aliphatic rings. The molecule has 0 N–H and O–H groups in total. The van der Waals surface area contributed by atoms with Crippen LogP contribution < -0.4 is 0 Å². The van der Waals surface area contributed by atoms with Gasteiger partial charge in [0.05, 0.1) is 6.10 Å². The minimum Gasteiger partial charge on any atom is -0.410 e. The molecule has 0 aromatic heterocycles. The second kappa shape index (κ2) is 10.0. The summed E-state index contributed by atoms with van der Waals surface area (Å²) in [5.74, 6) is 2.73. The SMILES string of the molecule is C#CC[C@H](/C=C/C=C\CCCCC)O[Si](C)(C)C(C)(C)C. The van der Waals surface area contributed by atoms with Gasteiger partial charge in [0.15, 0.2) is 8.32 Å². The lowest BCUT2D eigenvalue weighted by Crippen LogP contribution is -2.43. The van der Waals surface area contributed by atoms with Crippen molar-refractivity contribution in [3.8, 4) is 12.3 Å². The van der Waals surface area contributed by atoms with E-state index in [1.807, 2.05) is 0 Å². The monoisotopic (exact) mass is 306 g/mol. The predicted molar refractivity (Wildman–Crippen MR) is 97.9 cm³/mol. The zero-order valence-corrected chi connectivity index (χ0v) is 15.9. The fraction of sp³-hybridized carbons (Fsp3) is 0.684. The minimum atomic E-state index is -1.76. The second-order valence-corrected chi connectivity index (χ2v) is 11.9. The van der Waals surface area contributed by atoms with Crippen LogP contribution in [0.5, 0.6) is 0 Å². The van der Waals surface area contributed by atoms with Gasteiger partial charge in [0, 0.05) is 6.42 Å². The van der Waals surface area contributed by atoms with Crippen LogP contribution >= 0.6 is 0 Å². The largest absolute Gasteiger partial charge is 0.410 e. The lowest BCUT2D eigenvalue weighted by Gasteiger charge is -2.38. The molecular weight excluding hydrogens is 272 g/mol.